The van der Waals surface area contributed by atoms with E-state index in [1.165, 1.54) is 0 Å². The molecule has 2 amide bonds. The predicted molar refractivity (Wildman–Crippen MR) is 65.7 cm³/mol. The molecule has 0 unspecified atom stereocenters. The largest absolute Gasteiger partial charge is 0.355 e. The summed E-state index contributed by atoms with van der Waals surface area (Å²) < 4.78 is 0. The number of likely N-dealkylation sites (N-methyl/N-ethyl adjacent to an activating group) is 1. The zero-order valence-electron chi connectivity index (χ0n) is 10.5. The molecule has 0 spiro atoms. The van der Waals surface area contributed by atoms with Crippen LogP contribution in [0.4, 0.5) is 0 Å². The van der Waals surface area contributed by atoms with Crippen molar-refractivity contribution >= 4 is 11.8 Å². The highest BCUT2D eigenvalue weighted by molar-refractivity contribution is 5.87. The molecule has 100 valence electrons. The van der Waals surface area contributed by atoms with E-state index in [9.17, 15) is 9.59 Å². The molecule has 0 saturated heterocycles. The summed E-state index contributed by atoms with van der Waals surface area (Å²) in [5.41, 5.74) is 5.66. The van der Waals surface area contributed by atoms with Crippen molar-refractivity contribution in [1.82, 2.24) is 15.6 Å². The van der Waals surface area contributed by atoms with Crippen LogP contribution in [0.15, 0.2) is 0 Å². The van der Waals surface area contributed by atoms with Gasteiger partial charge in [-0.15, -0.1) is 0 Å². The van der Waals surface area contributed by atoms with Gasteiger partial charge in [-0.25, -0.2) is 0 Å². The van der Waals surface area contributed by atoms with Crippen LogP contribution >= 0.6 is 0 Å². The Bertz CT molecular complexity index is 245. The third-order valence-electron chi connectivity index (χ3n) is 2.16. The fourth-order valence-electron chi connectivity index (χ4n) is 1.25. The first-order chi connectivity index (χ1) is 7.97. The second-order valence-electron chi connectivity index (χ2n) is 3.90. The van der Waals surface area contributed by atoms with Gasteiger partial charge in [0.2, 0.25) is 11.8 Å². The number of nitrogens with one attached hydrogen (secondary N) is 2. The van der Waals surface area contributed by atoms with Gasteiger partial charge in [-0.1, -0.05) is 0 Å². The molecule has 0 rings (SSSR count). The molecule has 1 atom stereocenters. The summed E-state index contributed by atoms with van der Waals surface area (Å²) in [7, 11) is 1.75. The van der Waals surface area contributed by atoms with E-state index in [0.29, 0.717) is 19.5 Å². The van der Waals surface area contributed by atoms with E-state index in [4.69, 9.17) is 11.6 Å². The summed E-state index contributed by atoms with van der Waals surface area (Å²) in [6.45, 7) is 3.01. The molecular weight excluding hydrogens is 222 g/mol. The summed E-state index contributed by atoms with van der Waals surface area (Å²) in [6.07, 6.45) is 1.28. The Morgan fingerprint density at radius 2 is 2.00 bits per heavy atom. The molecule has 17 heavy (non-hydrogen) atoms. The van der Waals surface area contributed by atoms with Gasteiger partial charge in [0.25, 0.3) is 0 Å². The second kappa shape index (κ2) is 8.91. The molecule has 0 aliphatic heterocycles. The lowest BCUT2D eigenvalue weighted by Crippen LogP contribution is -2.45. The number of carbonyl (C=O) groups is 2. The average Bonchev–Trinajstić information content (AvgIpc) is 2.25. The Morgan fingerprint density at radius 3 is 2.53 bits per heavy atom. The second-order valence-corrected chi connectivity index (χ2v) is 3.90. The summed E-state index contributed by atoms with van der Waals surface area (Å²) >= 11 is 0. The number of carbonyl (C=O) groups excluding carboxylic acids is 2. The average molecular weight is 245 g/mol. The van der Waals surface area contributed by atoms with Gasteiger partial charge in [-0.05, 0) is 19.8 Å². The topological polar surface area (TPSA) is 113 Å². The number of rotatable bonds is 8. The SMILES string of the molecule is CCNC(=O)CNC(=O)[C@H](N)CCCN(C)N. The van der Waals surface area contributed by atoms with Gasteiger partial charge in [0.05, 0.1) is 12.6 Å². The van der Waals surface area contributed by atoms with Gasteiger partial charge in [-0.3, -0.25) is 20.4 Å². The van der Waals surface area contributed by atoms with E-state index in [1.54, 1.807) is 12.1 Å². The maximum absolute atomic E-state index is 11.5. The molecule has 0 aliphatic carbocycles. The maximum atomic E-state index is 11.5. The first kappa shape index (κ1) is 15.8. The monoisotopic (exact) mass is 245 g/mol. The zero-order valence-corrected chi connectivity index (χ0v) is 10.5. The summed E-state index contributed by atoms with van der Waals surface area (Å²) in [6, 6.07) is -0.593. The van der Waals surface area contributed by atoms with E-state index in [2.05, 4.69) is 10.6 Å². The van der Waals surface area contributed by atoms with Crippen molar-refractivity contribution in [2.24, 2.45) is 11.6 Å². The molecule has 7 nitrogen and oxygen atoms in total. The molecule has 0 saturated carbocycles. The number of nitrogens with zero attached hydrogens (tertiary/aromatic N) is 1. The molecule has 0 aromatic rings. The molecule has 0 radical (unpaired) electrons. The van der Waals surface area contributed by atoms with E-state index in [-0.39, 0.29) is 18.4 Å². The Morgan fingerprint density at radius 1 is 1.35 bits per heavy atom. The lowest BCUT2D eigenvalue weighted by Gasteiger charge is -2.13. The van der Waals surface area contributed by atoms with Crippen molar-refractivity contribution in [3.05, 3.63) is 0 Å². The predicted octanol–water partition coefficient (Wildman–Crippen LogP) is -1.85. The lowest BCUT2D eigenvalue weighted by molar-refractivity contribution is -0.126. The Kier molecular flexibility index (Phi) is 8.29. The molecule has 0 bridgehead atoms. The number of hydrazine groups is 1. The van der Waals surface area contributed by atoms with Crippen LogP contribution in [0.5, 0.6) is 0 Å². The fourth-order valence-corrected chi connectivity index (χ4v) is 1.25. The Balaban J connectivity index is 3.70. The van der Waals surface area contributed by atoms with Crippen molar-refractivity contribution < 1.29 is 9.59 Å². The van der Waals surface area contributed by atoms with Gasteiger partial charge in [0.1, 0.15) is 0 Å². The number of amides is 2. The molecule has 0 fully saturated rings. The standard InChI is InChI=1S/C10H23N5O2/c1-3-13-9(16)7-14-10(17)8(11)5-4-6-15(2)12/h8H,3-7,11-12H2,1-2H3,(H,13,16)(H,14,17)/t8-/m1/s1. The molecule has 0 aliphatic rings. The summed E-state index contributed by atoms with van der Waals surface area (Å²) in [5.74, 6) is 4.90. The third kappa shape index (κ3) is 8.61. The van der Waals surface area contributed by atoms with Gasteiger partial charge in [0, 0.05) is 20.1 Å². The highest BCUT2D eigenvalue weighted by Crippen LogP contribution is 1.94. The Labute approximate surface area is 102 Å². The van der Waals surface area contributed by atoms with Crippen LogP contribution in [-0.2, 0) is 9.59 Å². The van der Waals surface area contributed by atoms with Crippen molar-refractivity contribution in [3.63, 3.8) is 0 Å². The van der Waals surface area contributed by atoms with Crippen LogP contribution in [-0.4, -0.2) is 49.5 Å². The maximum Gasteiger partial charge on any atom is 0.239 e. The first-order valence-corrected chi connectivity index (χ1v) is 5.73. The van der Waals surface area contributed by atoms with E-state index in [0.717, 1.165) is 6.42 Å². The van der Waals surface area contributed by atoms with E-state index >= 15 is 0 Å². The van der Waals surface area contributed by atoms with Gasteiger partial charge in [0.15, 0.2) is 0 Å². The van der Waals surface area contributed by atoms with Gasteiger partial charge >= 0.3 is 0 Å². The molecule has 7 heteroatoms. The smallest absolute Gasteiger partial charge is 0.239 e. The Hall–Kier alpha value is -1.18. The summed E-state index contributed by atoms with van der Waals surface area (Å²) in [4.78, 5) is 22.6. The van der Waals surface area contributed by atoms with Gasteiger partial charge in [-0.2, -0.15) is 0 Å². The van der Waals surface area contributed by atoms with Gasteiger partial charge < -0.3 is 16.4 Å². The van der Waals surface area contributed by atoms with E-state index in [1.807, 2.05) is 6.92 Å². The van der Waals surface area contributed by atoms with Crippen molar-refractivity contribution in [3.8, 4) is 0 Å². The molecular formula is C10H23N5O2. The minimum Gasteiger partial charge on any atom is -0.355 e. The number of hydrogen-bond acceptors (Lipinski definition) is 5. The van der Waals surface area contributed by atoms with Crippen LogP contribution in [0.1, 0.15) is 19.8 Å². The van der Waals surface area contributed by atoms with Crippen molar-refractivity contribution in [2.45, 2.75) is 25.8 Å². The zero-order chi connectivity index (χ0) is 13.3. The quantitative estimate of drug-likeness (QED) is 0.296. The van der Waals surface area contributed by atoms with Crippen molar-refractivity contribution in [2.75, 3.05) is 26.7 Å². The minimum atomic E-state index is -0.593. The molecule has 6 N–H and O–H groups in total. The van der Waals surface area contributed by atoms with E-state index < -0.39 is 6.04 Å². The fraction of sp³-hybridized carbons (Fsp3) is 0.800. The number of hydrogen-bond donors (Lipinski definition) is 4. The van der Waals surface area contributed by atoms with Crippen LogP contribution in [0, 0.1) is 0 Å². The molecule has 0 aromatic heterocycles. The van der Waals surface area contributed by atoms with Crippen LogP contribution in [0.3, 0.4) is 0 Å². The highest BCUT2D eigenvalue weighted by atomic mass is 16.2. The first-order valence-electron chi connectivity index (χ1n) is 5.73. The molecule has 0 heterocycles. The third-order valence-corrected chi connectivity index (χ3v) is 2.16. The molecule has 0 aromatic carbocycles. The summed E-state index contributed by atoms with van der Waals surface area (Å²) in [5, 5.41) is 6.61. The van der Waals surface area contributed by atoms with Crippen LogP contribution < -0.4 is 22.2 Å². The normalized spacial score (nSPS) is 12.3. The van der Waals surface area contributed by atoms with Crippen molar-refractivity contribution in [1.29, 1.82) is 0 Å². The van der Waals surface area contributed by atoms with Crippen LogP contribution in [0.2, 0.25) is 0 Å². The highest BCUT2D eigenvalue weighted by Gasteiger charge is 2.13. The minimum absolute atomic E-state index is 0.0306. The lowest BCUT2D eigenvalue weighted by atomic mass is 10.1. The number of nitrogens with two attached hydrogens (primary N) is 2. The van der Waals surface area contributed by atoms with Crippen LogP contribution in [0.25, 0.3) is 0 Å².